The van der Waals surface area contributed by atoms with Gasteiger partial charge in [0.2, 0.25) is 5.91 Å². The summed E-state index contributed by atoms with van der Waals surface area (Å²) in [4.78, 5) is 27.4. The van der Waals surface area contributed by atoms with E-state index in [1.165, 1.54) is 7.11 Å². The number of hydroxylamine groups is 1. The minimum Gasteiger partial charge on any atom is -0.494 e. The summed E-state index contributed by atoms with van der Waals surface area (Å²) in [7, 11) is 1.36. The van der Waals surface area contributed by atoms with Gasteiger partial charge in [-0.05, 0) is 30.7 Å². The first-order valence-electron chi connectivity index (χ1n) is 6.25. The normalized spacial score (nSPS) is 10.0. The van der Waals surface area contributed by atoms with Gasteiger partial charge in [0.05, 0.1) is 13.7 Å². The van der Waals surface area contributed by atoms with Crippen molar-refractivity contribution in [1.82, 2.24) is 5.48 Å². The van der Waals surface area contributed by atoms with Gasteiger partial charge in [-0.1, -0.05) is 6.92 Å². The molecule has 0 fully saturated rings. The molecule has 0 aliphatic carbocycles. The van der Waals surface area contributed by atoms with Crippen molar-refractivity contribution in [2.75, 3.05) is 13.7 Å². The van der Waals surface area contributed by atoms with Crippen LogP contribution in [0.25, 0.3) is 0 Å². The van der Waals surface area contributed by atoms with E-state index in [0.29, 0.717) is 12.2 Å². The molecule has 1 amide bonds. The third-order valence-electron chi connectivity index (χ3n) is 2.44. The van der Waals surface area contributed by atoms with Crippen molar-refractivity contribution in [2.45, 2.75) is 26.2 Å². The average molecular weight is 265 g/mol. The molecule has 1 rings (SSSR count). The largest absolute Gasteiger partial charge is 0.494 e. The number of carbonyl (C=O) groups excluding carboxylic acids is 2. The molecule has 0 spiro atoms. The zero-order valence-corrected chi connectivity index (χ0v) is 11.3. The lowest BCUT2D eigenvalue weighted by Crippen LogP contribution is -2.22. The first kappa shape index (κ1) is 15.2. The fourth-order valence-corrected chi connectivity index (χ4v) is 1.49. The van der Waals surface area contributed by atoms with Gasteiger partial charge in [0.1, 0.15) is 5.75 Å². The predicted molar refractivity (Wildman–Crippen MR) is 70.9 cm³/mol. The number of ketones is 1. The quantitative estimate of drug-likeness (QED) is 0.577. The van der Waals surface area contributed by atoms with Crippen LogP contribution in [-0.2, 0) is 9.63 Å². The minimum absolute atomic E-state index is 0.0757. The van der Waals surface area contributed by atoms with Gasteiger partial charge < -0.3 is 4.74 Å². The Kier molecular flexibility index (Phi) is 6.60. The monoisotopic (exact) mass is 265 g/mol. The molecule has 1 aromatic carbocycles. The first-order chi connectivity index (χ1) is 9.17. The van der Waals surface area contributed by atoms with E-state index in [9.17, 15) is 9.59 Å². The summed E-state index contributed by atoms with van der Waals surface area (Å²) >= 11 is 0. The highest BCUT2D eigenvalue weighted by Gasteiger charge is 2.09. The molecule has 1 N–H and O–H groups in total. The standard InChI is InChI=1S/C14H19NO4/c1-3-10-19-12-6-4-11(5-7-12)13(16)8-9-14(17)15-18-2/h4-7H,3,8-10H2,1-2H3,(H,15,17). The molecular formula is C14H19NO4. The van der Waals surface area contributed by atoms with Crippen LogP contribution in [0.2, 0.25) is 0 Å². The maximum absolute atomic E-state index is 11.8. The van der Waals surface area contributed by atoms with Crippen LogP contribution in [0.1, 0.15) is 36.5 Å². The number of Topliss-reactive ketones (excluding diaryl/α,β-unsaturated/α-hetero) is 1. The minimum atomic E-state index is -0.307. The van der Waals surface area contributed by atoms with Crippen molar-refractivity contribution in [2.24, 2.45) is 0 Å². The molecule has 0 aromatic heterocycles. The molecule has 0 unspecified atom stereocenters. The third-order valence-corrected chi connectivity index (χ3v) is 2.44. The SMILES string of the molecule is CCCOc1ccc(C(=O)CCC(=O)NOC)cc1. The summed E-state index contributed by atoms with van der Waals surface area (Å²) in [6.07, 6.45) is 1.21. The summed E-state index contributed by atoms with van der Waals surface area (Å²) < 4.78 is 5.43. The Hall–Kier alpha value is -1.88. The van der Waals surface area contributed by atoms with Crippen LogP contribution in [0.4, 0.5) is 0 Å². The highest BCUT2D eigenvalue weighted by molar-refractivity contribution is 5.97. The second-order valence-corrected chi connectivity index (χ2v) is 4.03. The smallest absolute Gasteiger partial charge is 0.243 e. The molecule has 5 heteroatoms. The molecule has 0 bridgehead atoms. The molecule has 0 saturated heterocycles. The molecule has 104 valence electrons. The summed E-state index contributed by atoms with van der Waals surface area (Å²) in [5, 5.41) is 0. The molecule has 0 saturated carbocycles. The number of benzene rings is 1. The summed E-state index contributed by atoms with van der Waals surface area (Å²) in [5.74, 6) is 0.363. The number of hydrogen-bond acceptors (Lipinski definition) is 4. The van der Waals surface area contributed by atoms with Gasteiger partial charge in [0, 0.05) is 18.4 Å². The summed E-state index contributed by atoms with van der Waals surface area (Å²) in [6.45, 7) is 2.69. The van der Waals surface area contributed by atoms with E-state index in [4.69, 9.17) is 4.74 Å². The molecule has 0 heterocycles. The highest BCUT2D eigenvalue weighted by atomic mass is 16.6. The van der Waals surface area contributed by atoms with Crippen LogP contribution in [0.5, 0.6) is 5.75 Å². The number of hydrogen-bond donors (Lipinski definition) is 1. The Labute approximate surface area is 112 Å². The van der Waals surface area contributed by atoms with Crippen LogP contribution in [0, 0.1) is 0 Å². The van der Waals surface area contributed by atoms with E-state index in [-0.39, 0.29) is 24.5 Å². The van der Waals surface area contributed by atoms with Gasteiger partial charge in [-0.3, -0.25) is 14.4 Å². The van der Waals surface area contributed by atoms with Gasteiger partial charge in [0.25, 0.3) is 0 Å². The molecular weight excluding hydrogens is 246 g/mol. The van der Waals surface area contributed by atoms with Gasteiger partial charge in [-0.2, -0.15) is 0 Å². The lowest BCUT2D eigenvalue weighted by atomic mass is 10.1. The zero-order valence-electron chi connectivity index (χ0n) is 11.3. The number of nitrogens with one attached hydrogen (secondary N) is 1. The fraction of sp³-hybridized carbons (Fsp3) is 0.429. The molecule has 0 aliphatic rings. The molecule has 1 aromatic rings. The van der Waals surface area contributed by atoms with E-state index < -0.39 is 0 Å². The van der Waals surface area contributed by atoms with Gasteiger partial charge in [-0.25, -0.2) is 5.48 Å². The Balaban J connectivity index is 2.46. The predicted octanol–water partition coefficient (Wildman–Crippen LogP) is 2.12. The molecule has 19 heavy (non-hydrogen) atoms. The first-order valence-corrected chi connectivity index (χ1v) is 6.25. The van der Waals surface area contributed by atoms with E-state index in [0.717, 1.165) is 12.2 Å². The van der Waals surface area contributed by atoms with E-state index >= 15 is 0 Å². The fourth-order valence-electron chi connectivity index (χ4n) is 1.49. The second kappa shape index (κ2) is 8.26. The van der Waals surface area contributed by atoms with Crippen molar-refractivity contribution < 1.29 is 19.2 Å². The Morgan fingerprint density at radius 3 is 2.42 bits per heavy atom. The Bertz CT molecular complexity index is 414. The molecule has 5 nitrogen and oxygen atoms in total. The van der Waals surface area contributed by atoms with Crippen molar-refractivity contribution in [1.29, 1.82) is 0 Å². The van der Waals surface area contributed by atoms with Crippen molar-refractivity contribution >= 4 is 11.7 Å². The Morgan fingerprint density at radius 2 is 1.84 bits per heavy atom. The second-order valence-electron chi connectivity index (χ2n) is 4.03. The molecule has 0 atom stereocenters. The van der Waals surface area contributed by atoms with E-state index in [2.05, 4.69) is 10.3 Å². The highest BCUT2D eigenvalue weighted by Crippen LogP contribution is 2.14. The van der Waals surface area contributed by atoms with Gasteiger partial charge in [-0.15, -0.1) is 0 Å². The van der Waals surface area contributed by atoms with Crippen LogP contribution in [0.15, 0.2) is 24.3 Å². The maximum atomic E-state index is 11.8. The zero-order chi connectivity index (χ0) is 14.1. The van der Waals surface area contributed by atoms with E-state index in [1.807, 2.05) is 6.92 Å². The molecule has 0 radical (unpaired) electrons. The van der Waals surface area contributed by atoms with Crippen molar-refractivity contribution in [3.8, 4) is 5.75 Å². The van der Waals surface area contributed by atoms with Gasteiger partial charge >= 0.3 is 0 Å². The lowest BCUT2D eigenvalue weighted by Gasteiger charge is -2.05. The summed E-state index contributed by atoms with van der Waals surface area (Å²) in [6, 6.07) is 6.94. The van der Waals surface area contributed by atoms with Crippen LogP contribution in [0.3, 0.4) is 0 Å². The molecule has 0 aliphatic heterocycles. The van der Waals surface area contributed by atoms with Crippen LogP contribution in [-0.4, -0.2) is 25.4 Å². The lowest BCUT2D eigenvalue weighted by molar-refractivity contribution is -0.131. The Morgan fingerprint density at radius 1 is 1.16 bits per heavy atom. The number of rotatable bonds is 8. The van der Waals surface area contributed by atoms with Gasteiger partial charge in [0.15, 0.2) is 5.78 Å². The number of amides is 1. The van der Waals surface area contributed by atoms with E-state index in [1.54, 1.807) is 24.3 Å². The number of carbonyl (C=O) groups is 2. The third kappa shape index (κ3) is 5.52. The van der Waals surface area contributed by atoms with Crippen molar-refractivity contribution in [3.63, 3.8) is 0 Å². The summed E-state index contributed by atoms with van der Waals surface area (Å²) in [5.41, 5.74) is 2.75. The van der Waals surface area contributed by atoms with Crippen LogP contribution >= 0.6 is 0 Å². The number of ether oxygens (including phenoxy) is 1. The topological polar surface area (TPSA) is 64.6 Å². The maximum Gasteiger partial charge on any atom is 0.243 e. The van der Waals surface area contributed by atoms with Crippen LogP contribution < -0.4 is 10.2 Å². The average Bonchev–Trinajstić information content (AvgIpc) is 2.43. The van der Waals surface area contributed by atoms with Crippen molar-refractivity contribution in [3.05, 3.63) is 29.8 Å².